The van der Waals surface area contributed by atoms with Crippen molar-refractivity contribution in [3.63, 3.8) is 0 Å². The quantitative estimate of drug-likeness (QED) is 0.626. The van der Waals surface area contributed by atoms with Gasteiger partial charge in [0, 0.05) is 36.4 Å². The maximum absolute atomic E-state index is 12.9. The van der Waals surface area contributed by atoms with E-state index in [1.807, 2.05) is 24.4 Å². The minimum absolute atomic E-state index is 0.162. The molecule has 8 heteroatoms. The molecule has 1 aliphatic heterocycles. The standard InChI is InChI=1S/C19H18ClN3O3S/c20-15-6-4-14(5-7-15)18(24)19-21-16(17-3-1-2-8-23(17)19)13-22-9-11-27(25,26)12-10-22/h1-8H,9-13H2. The Hall–Kier alpha value is -2.22. The summed E-state index contributed by atoms with van der Waals surface area (Å²) < 4.78 is 25.1. The molecule has 0 spiro atoms. The Balaban J connectivity index is 1.67. The fraction of sp³-hybridized carbons (Fsp3) is 0.263. The molecule has 0 N–H and O–H groups in total. The molecule has 3 heterocycles. The van der Waals surface area contributed by atoms with Crippen molar-refractivity contribution in [1.82, 2.24) is 14.3 Å². The van der Waals surface area contributed by atoms with Gasteiger partial charge >= 0.3 is 0 Å². The molecule has 4 rings (SSSR count). The molecule has 0 amide bonds. The maximum atomic E-state index is 12.9. The fourth-order valence-electron chi connectivity index (χ4n) is 3.23. The minimum atomic E-state index is -2.93. The van der Waals surface area contributed by atoms with E-state index in [0.717, 1.165) is 11.2 Å². The molecule has 1 aliphatic rings. The van der Waals surface area contributed by atoms with Gasteiger partial charge in [-0.05, 0) is 36.4 Å². The van der Waals surface area contributed by atoms with Crippen molar-refractivity contribution in [2.75, 3.05) is 24.6 Å². The Morgan fingerprint density at radius 3 is 2.48 bits per heavy atom. The summed E-state index contributed by atoms with van der Waals surface area (Å²) in [6.07, 6.45) is 1.82. The van der Waals surface area contributed by atoms with E-state index in [2.05, 4.69) is 9.88 Å². The van der Waals surface area contributed by atoms with Gasteiger partial charge in [-0.25, -0.2) is 13.4 Å². The number of ketones is 1. The van der Waals surface area contributed by atoms with Crippen LogP contribution >= 0.6 is 11.6 Å². The number of imidazole rings is 1. The van der Waals surface area contributed by atoms with Crippen LogP contribution in [0.5, 0.6) is 0 Å². The molecule has 0 saturated carbocycles. The zero-order valence-corrected chi connectivity index (χ0v) is 16.1. The van der Waals surface area contributed by atoms with Crippen LogP contribution < -0.4 is 0 Å². The second-order valence-electron chi connectivity index (χ2n) is 6.60. The third kappa shape index (κ3) is 3.76. The van der Waals surface area contributed by atoms with Crippen molar-refractivity contribution in [2.24, 2.45) is 0 Å². The van der Waals surface area contributed by atoms with Crippen LogP contribution in [0.3, 0.4) is 0 Å². The van der Waals surface area contributed by atoms with Gasteiger partial charge in [-0.1, -0.05) is 17.7 Å². The van der Waals surface area contributed by atoms with E-state index < -0.39 is 9.84 Å². The van der Waals surface area contributed by atoms with Gasteiger partial charge < -0.3 is 0 Å². The van der Waals surface area contributed by atoms with Crippen LogP contribution in [-0.2, 0) is 16.4 Å². The Morgan fingerprint density at radius 2 is 1.78 bits per heavy atom. The third-order valence-corrected chi connectivity index (χ3v) is 6.61. The van der Waals surface area contributed by atoms with Crippen LogP contribution in [0.25, 0.3) is 5.52 Å². The number of hydrogen-bond donors (Lipinski definition) is 0. The van der Waals surface area contributed by atoms with Gasteiger partial charge in [-0.2, -0.15) is 0 Å². The number of hydrogen-bond acceptors (Lipinski definition) is 5. The highest BCUT2D eigenvalue weighted by atomic mass is 35.5. The van der Waals surface area contributed by atoms with Crippen LogP contribution in [-0.4, -0.2) is 53.1 Å². The number of rotatable bonds is 4. The molecule has 0 aliphatic carbocycles. The lowest BCUT2D eigenvalue weighted by Gasteiger charge is -2.25. The summed E-state index contributed by atoms with van der Waals surface area (Å²) in [6, 6.07) is 12.4. The predicted molar refractivity (Wildman–Crippen MR) is 104 cm³/mol. The summed E-state index contributed by atoms with van der Waals surface area (Å²) in [5, 5.41) is 0.570. The second-order valence-corrected chi connectivity index (χ2v) is 9.34. The number of pyridine rings is 1. The molecule has 27 heavy (non-hydrogen) atoms. The van der Waals surface area contributed by atoms with Crippen LogP contribution in [0.2, 0.25) is 5.02 Å². The van der Waals surface area contributed by atoms with Gasteiger partial charge in [0.05, 0.1) is 22.7 Å². The van der Waals surface area contributed by atoms with Gasteiger partial charge in [0.15, 0.2) is 15.7 Å². The molecule has 1 fully saturated rings. The Labute approximate surface area is 162 Å². The normalized spacial score (nSPS) is 17.2. The topological polar surface area (TPSA) is 71.8 Å². The number of carbonyl (C=O) groups is 1. The van der Waals surface area contributed by atoms with Gasteiger partial charge in [0.25, 0.3) is 0 Å². The summed E-state index contributed by atoms with van der Waals surface area (Å²) in [5.74, 6) is 0.484. The van der Waals surface area contributed by atoms with Crippen LogP contribution in [0.1, 0.15) is 21.9 Å². The summed E-state index contributed by atoms with van der Waals surface area (Å²) in [7, 11) is -2.93. The number of halogens is 1. The minimum Gasteiger partial charge on any atom is -0.297 e. The van der Waals surface area contributed by atoms with Gasteiger partial charge in [0.1, 0.15) is 0 Å². The number of fused-ring (bicyclic) bond motifs is 1. The van der Waals surface area contributed by atoms with Gasteiger partial charge in [-0.3, -0.25) is 14.1 Å². The summed E-state index contributed by atoms with van der Waals surface area (Å²) in [4.78, 5) is 19.6. The second kappa shape index (κ2) is 7.07. The summed E-state index contributed by atoms with van der Waals surface area (Å²) in [5.41, 5.74) is 2.14. The highest BCUT2D eigenvalue weighted by Crippen LogP contribution is 2.20. The number of sulfone groups is 1. The fourth-order valence-corrected chi connectivity index (χ4v) is 4.63. The van der Waals surface area contributed by atoms with Crippen molar-refractivity contribution >= 4 is 32.7 Å². The van der Waals surface area contributed by atoms with E-state index in [9.17, 15) is 13.2 Å². The van der Waals surface area contributed by atoms with E-state index in [-0.39, 0.29) is 17.3 Å². The highest BCUT2D eigenvalue weighted by Gasteiger charge is 2.24. The number of aromatic nitrogens is 2. The molecule has 1 saturated heterocycles. The molecule has 0 atom stereocenters. The first-order valence-corrected chi connectivity index (χ1v) is 10.8. The molecule has 6 nitrogen and oxygen atoms in total. The van der Waals surface area contributed by atoms with Crippen LogP contribution in [0.4, 0.5) is 0 Å². The maximum Gasteiger partial charge on any atom is 0.228 e. The zero-order chi connectivity index (χ0) is 19.0. The lowest BCUT2D eigenvalue weighted by molar-refractivity contribution is 0.102. The van der Waals surface area contributed by atoms with E-state index in [0.29, 0.717) is 36.0 Å². The average molecular weight is 404 g/mol. The number of nitrogens with zero attached hydrogens (tertiary/aromatic N) is 3. The van der Waals surface area contributed by atoms with E-state index >= 15 is 0 Å². The smallest absolute Gasteiger partial charge is 0.228 e. The molecular formula is C19H18ClN3O3S. The van der Waals surface area contributed by atoms with Crippen molar-refractivity contribution in [1.29, 1.82) is 0 Å². The highest BCUT2D eigenvalue weighted by molar-refractivity contribution is 7.91. The van der Waals surface area contributed by atoms with Crippen molar-refractivity contribution in [3.05, 3.63) is 70.8 Å². The van der Waals surface area contributed by atoms with Gasteiger partial charge in [0.2, 0.25) is 5.78 Å². The van der Waals surface area contributed by atoms with E-state index in [1.165, 1.54) is 0 Å². The summed E-state index contributed by atoms with van der Waals surface area (Å²) in [6.45, 7) is 1.47. The van der Waals surface area contributed by atoms with E-state index in [4.69, 9.17) is 11.6 Å². The van der Waals surface area contributed by atoms with E-state index in [1.54, 1.807) is 28.7 Å². The molecule has 0 unspecified atom stereocenters. The lowest BCUT2D eigenvalue weighted by atomic mass is 10.1. The molecular weight excluding hydrogens is 386 g/mol. The van der Waals surface area contributed by atoms with Crippen LogP contribution in [0, 0.1) is 0 Å². The largest absolute Gasteiger partial charge is 0.297 e. The first kappa shape index (κ1) is 18.2. The first-order valence-electron chi connectivity index (χ1n) is 8.62. The van der Waals surface area contributed by atoms with Crippen molar-refractivity contribution < 1.29 is 13.2 Å². The zero-order valence-electron chi connectivity index (χ0n) is 14.5. The molecule has 1 aromatic carbocycles. The molecule has 3 aromatic rings. The third-order valence-electron chi connectivity index (χ3n) is 4.74. The summed E-state index contributed by atoms with van der Waals surface area (Å²) >= 11 is 5.91. The SMILES string of the molecule is O=C(c1ccc(Cl)cc1)c1nc(CN2CCS(=O)(=O)CC2)c2ccccn12. The Bertz CT molecular complexity index is 1090. The average Bonchev–Trinajstić information content (AvgIpc) is 3.02. The van der Waals surface area contributed by atoms with Crippen LogP contribution in [0.15, 0.2) is 48.7 Å². The molecule has 0 bridgehead atoms. The number of carbonyl (C=O) groups excluding carboxylic acids is 1. The number of benzene rings is 1. The molecule has 140 valence electrons. The Morgan fingerprint density at radius 1 is 1.07 bits per heavy atom. The van der Waals surface area contributed by atoms with Crippen molar-refractivity contribution in [2.45, 2.75) is 6.54 Å². The monoisotopic (exact) mass is 403 g/mol. The lowest BCUT2D eigenvalue weighted by Crippen LogP contribution is -2.39. The predicted octanol–water partition coefficient (Wildman–Crippen LogP) is 2.45. The Kier molecular flexibility index (Phi) is 4.75. The van der Waals surface area contributed by atoms with Crippen molar-refractivity contribution in [3.8, 4) is 0 Å². The van der Waals surface area contributed by atoms with Gasteiger partial charge in [-0.15, -0.1) is 0 Å². The first-order chi connectivity index (χ1) is 12.9. The molecule has 2 aromatic heterocycles. The molecule has 0 radical (unpaired) electrons.